The number of carbonyl (C=O) groups excluding carboxylic acids is 1. The van der Waals surface area contributed by atoms with Gasteiger partial charge in [-0.3, -0.25) is 4.79 Å². The number of hydrogen-bond acceptors (Lipinski definition) is 4. The molecule has 7 heteroatoms. The number of ether oxygens (including phenoxy) is 1. The molecule has 23 heavy (non-hydrogen) atoms. The number of benzene rings is 1. The van der Waals surface area contributed by atoms with Crippen molar-refractivity contribution in [1.29, 1.82) is 0 Å². The van der Waals surface area contributed by atoms with Gasteiger partial charge in [-0.15, -0.1) is 0 Å². The lowest BCUT2D eigenvalue weighted by Crippen LogP contribution is -2.28. The van der Waals surface area contributed by atoms with E-state index in [0.717, 1.165) is 18.5 Å². The highest BCUT2D eigenvalue weighted by Crippen LogP contribution is 2.18. The maximum absolute atomic E-state index is 12.2. The van der Waals surface area contributed by atoms with Crippen molar-refractivity contribution >= 4 is 17.6 Å². The second kappa shape index (κ2) is 6.62. The molecule has 0 radical (unpaired) electrons. The Balaban J connectivity index is 1.67. The fourth-order valence-electron chi connectivity index (χ4n) is 2.49. The van der Waals surface area contributed by atoms with Crippen LogP contribution in [0.25, 0.3) is 5.69 Å². The second-order valence-electron chi connectivity index (χ2n) is 5.40. The molecule has 0 bridgehead atoms. The molecule has 0 saturated carbocycles. The van der Waals surface area contributed by atoms with Gasteiger partial charge in [0.05, 0.1) is 29.3 Å². The summed E-state index contributed by atoms with van der Waals surface area (Å²) >= 11 is 0. The molecule has 1 aliphatic rings. The number of amides is 1. The molecule has 120 valence electrons. The van der Waals surface area contributed by atoms with Crippen molar-refractivity contribution in [2.75, 3.05) is 18.5 Å². The number of carboxylic acids is 1. The monoisotopic (exact) mass is 315 g/mol. The van der Waals surface area contributed by atoms with E-state index in [2.05, 4.69) is 10.4 Å². The molecule has 0 atom stereocenters. The van der Waals surface area contributed by atoms with E-state index in [9.17, 15) is 9.59 Å². The zero-order chi connectivity index (χ0) is 16.2. The highest BCUT2D eigenvalue weighted by atomic mass is 16.5. The molecule has 0 unspecified atom stereocenters. The molecule has 1 aliphatic heterocycles. The van der Waals surface area contributed by atoms with E-state index in [0.29, 0.717) is 18.9 Å². The van der Waals surface area contributed by atoms with Crippen molar-refractivity contribution < 1.29 is 19.4 Å². The minimum atomic E-state index is -0.971. The normalized spacial score (nSPS) is 15.3. The number of rotatable bonds is 4. The summed E-state index contributed by atoms with van der Waals surface area (Å²) in [5.74, 6) is -1.02. The van der Waals surface area contributed by atoms with Crippen LogP contribution in [0.1, 0.15) is 23.2 Å². The number of nitrogens with one attached hydrogen (secondary N) is 1. The molecule has 1 aromatic heterocycles. The summed E-state index contributed by atoms with van der Waals surface area (Å²) in [5, 5.41) is 15.9. The van der Waals surface area contributed by atoms with Crippen LogP contribution in [0.2, 0.25) is 0 Å². The van der Waals surface area contributed by atoms with Crippen molar-refractivity contribution in [3.63, 3.8) is 0 Å². The molecule has 2 aromatic rings. The van der Waals surface area contributed by atoms with E-state index in [4.69, 9.17) is 9.84 Å². The van der Waals surface area contributed by atoms with Crippen LogP contribution < -0.4 is 5.32 Å². The van der Waals surface area contributed by atoms with Gasteiger partial charge in [0.1, 0.15) is 0 Å². The van der Waals surface area contributed by atoms with Crippen LogP contribution in [0.4, 0.5) is 5.69 Å². The molecule has 0 aliphatic carbocycles. The quantitative estimate of drug-likeness (QED) is 0.899. The average molecular weight is 315 g/mol. The fourth-order valence-corrected chi connectivity index (χ4v) is 2.49. The fraction of sp³-hybridized carbons (Fsp3) is 0.312. The molecular formula is C16H17N3O4. The SMILES string of the molecule is O=C(O)c1ccc(-n2cc(NC(=O)C3CCOCC3)cn2)cc1. The van der Waals surface area contributed by atoms with Gasteiger partial charge in [-0.1, -0.05) is 0 Å². The Morgan fingerprint density at radius 1 is 1.22 bits per heavy atom. The summed E-state index contributed by atoms with van der Waals surface area (Å²) in [6.45, 7) is 1.24. The van der Waals surface area contributed by atoms with E-state index < -0.39 is 5.97 Å². The summed E-state index contributed by atoms with van der Waals surface area (Å²) in [6, 6.07) is 6.36. The highest BCUT2D eigenvalue weighted by Gasteiger charge is 2.21. The molecule has 1 amide bonds. The van der Waals surface area contributed by atoms with Gasteiger partial charge in [-0.2, -0.15) is 5.10 Å². The average Bonchev–Trinajstić information content (AvgIpc) is 3.04. The summed E-state index contributed by atoms with van der Waals surface area (Å²) in [7, 11) is 0. The van der Waals surface area contributed by atoms with E-state index >= 15 is 0 Å². The number of aromatic nitrogens is 2. The molecule has 0 spiro atoms. The van der Waals surface area contributed by atoms with Crippen molar-refractivity contribution in [3.05, 3.63) is 42.2 Å². The largest absolute Gasteiger partial charge is 0.478 e. The molecule has 1 fully saturated rings. The Hall–Kier alpha value is -2.67. The van der Waals surface area contributed by atoms with Crippen LogP contribution in [0.5, 0.6) is 0 Å². The first kappa shape index (κ1) is 15.2. The second-order valence-corrected chi connectivity index (χ2v) is 5.40. The summed E-state index contributed by atoms with van der Waals surface area (Å²) in [4.78, 5) is 23.0. The van der Waals surface area contributed by atoms with Crippen LogP contribution in [0.3, 0.4) is 0 Å². The lowest BCUT2D eigenvalue weighted by Gasteiger charge is -2.20. The number of aromatic carboxylic acids is 1. The Bertz CT molecular complexity index is 702. The van der Waals surface area contributed by atoms with Crippen molar-refractivity contribution in [2.24, 2.45) is 5.92 Å². The standard InChI is InChI=1S/C16H17N3O4/c20-15(11-5-7-23-8-6-11)18-13-9-17-19(10-13)14-3-1-12(2-4-14)16(21)22/h1-4,9-11H,5-8H2,(H,18,20)(H,21,22). The minimum Gasteiger partial charge on any atom is -0.478 e. The molecule has 1 saturated heterocycles. The van der Waals surface area contributed by atoms with Gasteiger partial charge in [-0.05, 0) is 37.1 Å². The number of anilines is 1. The van der Waals surface area contributed by atoms with E-state index in [1.165, 1.54) is 12.1 Å². The van der Waals surface area contributed by atoms with Crippen molar-refractivity contribution in [2.45, 2.75) is 12.8 Å². The number of nitrogens with zero attached hydrogens (tertiary/aromatic N) is 2. The van der Waals surface area contributed by atoms with Crippen LogP contribution >= 0.6 is 0 Å². The molecule has 2 N–H and O–H groups in total. The minimum absolute atomic E-state index is 0.0194. The van der Waals surface area contributed by atoms with Crippen molar-refractivity contribution in [1.82, 2.24) is 9.78 Å². The first-order valence-electron chi connectivity index (χ1n) is 7.40. The van der Waals surface area contributed by atoms with E-state index in [-0.39, 0.29) is 17.4 Å². The lowest BCUT2D eigenvalue weighted by molar-refractivity contribution is -0.122. The maximum Gasteiger partial charge on any atom is 0.335 e. The van der Waals surface area contributed by atoms with Crippen molar-refractivity contribution in [3.8, 4) is 5.69 Å². The summed E-state index contributed by atoms with van der Waals surface area (Å²) < 4.78 is 6.84. The first-order valence-corrected chi connectivity index (χ1v) is 7.40. The predicted octanol–water partition coefficient (Wildman–Crippen LogP) is 1.94. The van der Waals surface area contributed by atoms with Gasteiger partial charge in [0.2, 0.25) is 5.91 Å². The third kappa shape index (κ3) is 3.57. The maximum atomic E-state index is 12.2. The van der Waals surface area contributed by atoms with Crippen LogP contribution in [0, 0.1) is 5.92 Å². The van der Waals surface area contributed by atoms with E-state index in [1.54, 1.807) is 29.2 Å². The highest BCUT2D eigenvalue weighted by molar-refractivity contribution is 5.92. The third-order valence-corrected chi connectivity index (χ3v) is 3.82. The summed E-state index contributed by atoms with van der Waals surface area (Å²) in [5.41, 5.74) is 1.55. The van der Waals surface area contributed by atoms with Gasteiger partial charge >= 0.3 is 5.97 Å². The predicted molar refractivity (Wildman–Crippen MR) is 82.7 cm³/mol. The van der Waals surface area contributed by atoms with Crippen LogP contribution in [0.15, 0.2) is 36.7 Å². The molecule has 3 rings (SSSR count). The number of carbonyl (C=O) groups is 2. The molecule has 1 aromatic carbocycles. The zero-order valence-corrected chi connectivity index (χ0v) is 12.4. The van der Waals surface area contributed by atoms with Gasteiger partial charge < -0.3 is 15.2 Å². The summed E-state index contributed by atoms with van der Waals surface area (Å²) in [6.07, 6.45) is 4.74. The van der Waals surface area contributed by atoms with E-state index in [1.807, 2.05) is 0 Å². The molecular weight excluding hydrogens is 298 g/mol. The van der Waals surface area contributed by atoms with Gasteiger partial charge in [0.25, 0.3) is 0 Å². The topological polar surface area (TPSA) is 93.5 Å². The van der Waals surface area contributed by atoms with Gasteiger partial charge in [0.15, 0.2) is 0 Å². The van der Waals surface area contributed by atoms with Gasteiger partial charge in [-0.25, -0.2) is 9.48 Å². The third-order valence-electron chi connectivity index (χ3n) is 3.82. The molecule has 7 nitrogen and oxygen atoms in total. The molecule has 2 heterocycles. The Kier molecular flexibility index (Phi) is 4.38. The van der Waals surface area contributed by atoms with Crippen LogP contribution in [-0.2, 0) is 9.53 Å². The smallest absolute Gasteiger partial charge is 0.335 e. The lowest BCUT2D eigenvalue weighted by atomic mass is 9.99. The van der Waals surface area contributed by atoms with Crippen LogP contribution in [-0.4, -0.2) is 40.0 Å². The Morgan fingerprint density at radius 2 is 1.91 bits per heavy atom. The Labute approximate surface area is 132 Å². The Morgan fingerprint density at radius 3 is 2.57 bits per heavy atom. The number of hydrogen-bond donors (Lipinski definition) is 2. The number of carboxylic acid groups (broad SMARTS) is 1. The first-order chi connectivity index (χ1) is 11.1. The van der Waals surface area contributed by atoms with Gasteiger partial charge in [0, 0.05) is 19.1 Å². The zero-order valence-electron chi connectivity index (χ0n) is 12.4.